The second-order valence-electron chi connectivity index (χ2n) is 10.1. The largest absolute Gasteiger partial charge is 0.347 e. The van der Waals surface area contributed by atoms with Gasteiger partial charge >= 0.3 is 0 Å². The zero-order valence-corrected chi connectivity index (χ0v) is 20.7. The third-order valence-electron chi connectivity index (χ3n) is 7.79. The predicted molar refractivity (Wildman–Crippen MR) is 136 cm³/mol. The minimum absolute atomic E-state index is 0.0339. The lowest BCUT2D eigenvalue weighted by Gasteiger charge is -2.34. The summed E-state index contributed by atoms with van der Waals surface area (Å²) in [5, 5.41) is 6.16. The quantitative estimate of drug-likeness (QED) is 0.560. The number of carbonyl (C=O) groups excluding carboxylic acids is 3. The van der Waals surface area contributed by atoms with Gasteiger partial charge in [0.25, 0.3) is 0 Å². The maximum Gasteiger partial charge on any atom is 0.246 e. The molecule has 2 heterocycles. The lowest BCUT2D eigenvalue weighted by atomic mass is 9.81. The van der Waals surface area contributed by atoms with Crippen molar-refractivity contribution in [3.05, 3.63) is 60.2 Å². The fraction of sp³-hybridized carbons (Fsp3) is 0.536. The van der Waals surface area contributed by atoms with Crippen molar-refractivity contribution in [3.8, 4) is 0 Å². The number of benzene rings is 1. The molecule has 3 unspecified atom stereocenters. The normalized spacial score (nSPS) is 29.7. The molecule has 0 saturated carbocycles. The highest BCUT2D eigenvalue weighted by Crippen LogP contribution is 2.35. The van der Waals surface area contributed by atoms with Crippen LogP contribution in [0.1, 0.15) is 64.0 Å². The SMILES string of the molecule is CC[C@H](N)C(=O)N[C@H]1CCC[C@H]2CC[C@@H](C(=O)NC(c3ccccc3)C3C=CC=CC3C)N2C1=O. The van der Waals surface area contributed by atoms with E-state index < -0.39 is 18.1 Å². The summed E-state index contributed by atoms with van der Waals surface area (Å²) in [4.78, 5) is 41.5. The third-order valence-corrected chi connectivity index (χ3v) is 7.79. The molecule has 0 bridgehead atoms. The molecule has 7 heteroatoms. The molecule has 4 N–H and O–H groups in total. The van der Waals surface area contributed by atoms with E-state index in [1.165, 1.54) is 0 Å². The molecule has 4 rings (SSSR count). The summed E-state index contributed by atoms with van der Waals surface area (Å²) in [7, 11) is 0. The second-order valence-corrected chi connectivity index (χ2v) is 10.1. The minimum Gasteiger partial charge on any atom is -0.347 e. The van der Waals surface area contributed by atoms with Crippen LogP contribution in [0.4, 0.5) is 0 Å². The highest BCUT2D eigenvalue weighted by Gasteiger charge is 2.45. The van der Waals surface area contributed by atoms with E-state index in [1.54, 1.807) is 4.90 Å². The first kappa shape index (κ1) is 25.2. The van der Waals surface area contributed by atoms with Gasteiger partial charge in [0.05, 0.1) is 12.1 Å². The monoisotopic (exact) mass is 478 g/mol. The molecule has 0 aromatic heterocycles. The Hall–Kier alpha value is -2.93. The summed E-state index contributed by atoms with van der Waals surface area (Å²) >= 11 is 0. The van der Waals surface area contributed by atoms with Gasteiger partial charge in [-0.15, -0.1) is 0 Å². The molecule has 3 aliphatic rings. The molecule has 2 fully saturated rings. The van der Waals surface area contributed by atoms with Gasteiger partial charge in [0.2, 0.25) is 17.7 Å². The lowest BCUT2D eigenvalue weighted by Crippen LogP contribution is -2.56. The van der Waals surface area contributed by atoms with Crippen LogP contribution in [0.25, 0.3) is 0 Å². The van der Waals surface area contributed by atoms with Gasteiger partial charge in [-0.25, -0.2) is 0 Å². The Balaban J connectivity index is 1.53. The fourth-order valence-corrected chi connectivity index (χ4v) is 5.68. The Morgan fingerprint density at radius 2 is 1.83 bits per heavy atom. The van der Waals surface area contributed by atoms with Gasteiger partial charge in [-0.3, -0.25) is 14.4 Å². The molecule has 1 aromatic rings. The summed E-state index contributed by atoms with van der Waals surface area (Å²) < 4.78 is 0. The smallest absolute Gasteiger partial charge is 0.246 e. The number of nitrogens with zero attached hydrogens (tertiary/aromatic N) is 1. The molecule has 0 spiro atoms. The highest BCUT2D eigenvalue weighted by molar-refractivity contribution is 5.94. The first-order chi connectivity index (χ1) is 16.9. The Morgan fingerprint density at radius 3 is 2.54 bits per heavy atom. The van der Waals surface area contributed by atoms with Crippen molar-refractivity contribution in [2.75, 3.05) is 0 Å². The lowest BCUT2D eigenvalue weighted by molar-refractivity contribution is -0.143. The van der Waals surface area contributed by atoms with Gasteiger partial charge in [-0.2, -0.15) is 0 Å². The van der Waals surface area contributed by atoms with E-state index in [2.05, 4.69) is 29.7 Å². The van der Waals surface area contributed by atoms with Crippen LogP contribution in [0.5, 0.6) is 0 Å². The van der Waals surface area contributed by atoms with Crippen molar-refractivity contribution in [2.45, 2.75) is 82.6 Å². The van der Waals surface area contributed by atoms with Crippen molar-refractivity contribution in [1.29, 1.82) is 0 Å². The maximum absolute atomic E-state index is 13.7. The molecule has 35 heavy (non-hydrogen) atoms. The van der Waals surface area contributed by atoms with Gasteiger partial charge in [0.15, 0.2) is 0 Å². The van der Waals surface area contributed by atoms with E-state index in [1.807, 2.05) is 49.4 Å². The van der Waals surface area contributed by atoms with E-state index in [4.69, 9.17) is 5.73 Å². The molecule has 7 atom stereocenters. The van der Waals surface area contributed by atoms with E-state index >= 15 is 0 Å². The molecular formula is C28H38N4O3. The zero-order valence-electron chi connectivity index (χ0n) is 20.7. The summed E-state index contributed by atoms with van der Waals surface area (Å²) in [6.45, 7) is 4.00. The standard InChI is InChI=1S/C28H38N4O3/c1-3-22(29)26(33)30-23-15-9-13-20-16-17-24(32(20)28(23)35)27(34)31-25(19-11-5-4-6-12-19)21-14-8-7-10-18(21)2/h4-8,10-12,14,18,20-25H,3,9,13,15-17,29H2,1-2H3,(H,30,33)(H,31,34)/t18?,20-,21?,22-,23-,24-,25?/m0/s1. The van der Waals surface area contributed by atoms with Gasteiger partial charge in [-0.1, -0.05) is 68.5 Å². The van der Waals surface area contributed by atoms with Crippen LogP contribution in [0.3, 0.4) is 0 Å². The maximum atomic E-state index is 13.7. The molecule has 0 radical (unpaired) electrons. The van der Waals surface area contributed by atoms with Gasteiger partial charge < -0.3 is 21.3 Å². The Morgan fingerprint density at radius 1 is 1.09 bits per heavy atom. The Labute approximate surface area is 208 Å². The van der Waals surface area contributed by atoms with Crippen LogP contribution in [-0.4, -0.2) is 46.8 Å². The molecule has 7 nitrogen and oxygen atoms in total. The average molecular weight is 479 g/mol. The predicted octanol–water partition coefficient (Wildman–Crippen LogP) is 2.99. The van der Waals surface area contributed by atoms with E-state index in [0.717, 1.165) is 24.8 Å². The molecule has 2 saturated heterocycles. The Kier molecular flexibility index (Phi) is 8.06. The number of nitrogens with one attached hydrogen (secondary N) is 2. The number of hydrogen-bond donors (Lipinski definition) is 3. The van der Waals surface area contributed by atoms with E-state index in [-0.39, 0.29) is 41.6 Å². The molecule has 2 aliphatic heterocycles. The number of fused-ring (bicyclic) bond motifs is 1. The first-order valence-corrected chi connectivity index (χ1v) is 13.0. The van der Waals surface area contributed by atoms with E-state index in [9.17, 15) is 14.4 Å². The third kappa shape index (κ3) is 5.50. The van der Waals surface area contributed by atoms with Crippen molar-refractivity contribution in [1.82, 2.24) is 15.5 Å². The number of rotatable bonds is 7. The number of carbonyl (C=O) groups is 3. The summed E-state index contributed by atoms with van der Waals surface area (Å²) in [6.07, 6.45) is 12.6. The number of hydrogen-bond acceptors (Lipinski definition) is 4. The first-order valence-electron chi connectivity index (χ1n) is 13.0. The van der Waals surface area contributed by atoms with Crippen molar-refractivity contribution >= 4 is 17.7 Å². The minimum atomic E-state index is -0.634. The molecule has 1 aromatic carbocycles. The average Bonchev–Trinajstić information content (AvgIpc) is 3.24. The van der Waals surface area contributed by atoms with Crippen molar-refractivity contribution in [2.24, 2.45) is 17.6 Å². The summed E-state index contributed by atoms with van der Waals surface area (Å²) in [5.41, 5.74) is 6.93. The number of amides is 3. The van der Waals surface area contributed by atoms with Crippen molar-refractivity contribution < 1.29 is 14.4 Å². The van der Waals surface area contributed by atoms with Gasteiger partial charge in [-0.05, 0) is 50.0 Å². The van der Waals surface area contributed by atoms with Gasteiger partial charge in [0, 0.05) is 12.0 Å². The number of allylic oxidation sites excluding steroid dienone is 3. The molecule has 3 amide bonds. The van der Waals surface area contributed by atoms with Crippen LogP contribution in [0.2, 0.25) is 0 Å². The van der Waals surface area contributed by atoms with Crippen LogP contribution >= 0.6 is 0 Å². The van der Waals surface area contributed by atoms with Crippen LogP contribution < -0.4 is 16.4 Å². The van der Waals surface area contributed by atoms with Crippen LogP contribution in [0, 0.1) is 11.8 Å². The van der Waals surface area contributed by atoms with Crippen LogP contribution in [-0.2, 0) is 14.4 Å². The molecule has 1 aliphatic carbocycles. The zero-order chi connectivity index (χ0) is 24.9. The van der Waals surface area contributed by atoms with Gasteiger partial charge in [0.1, 0.15) is 12.1 Å². The summed E-state index contributed by atoms with van der Waals surface area (Å²) in [6, 6.07) is 8.07. The topological polar surface area (TPSA) is 105 Å². The molecular weight excluding hydrogens is 440 g/mol. The van der Waals surface area contributed by atoms with Crippen LogP contribution in [0.15, 0.2) is 54.6 Å². The molecule has 188 valence electrons. The highest BCUT2D eigenvalue weighted by atomic mass is 16.2. The fourth-order valence-electron chi connectivity index (χ4n) is 5.68. The van der Waals surface area contributed by atoms with Crippen molar-refractivity contribution in [3.63, 3.8) is 0 Å². The Bertz CT molecular complexity index is 976. The summed E-state index contributed by atoms with van der Waals surface area (Å²) in [5.74, 6) is -0.205. The second kappa shape index (κ2) is 11.2. The van der Waals surface area contributed by atoms with E-state index in [0.29, 0.717) is 19.3 Å². The number of nitrogens with two attached hydrogens (primary N) is 1.